The van der Waals surface area contributed by atoms with Crippen LogP contribution in [0.2, 0.25) is 0 Å². The van der Waals surface area contributed by atoms with Crippen molar-refractivity contribution in [1.82, 2.24) is 15.2 Å². The zero-order valence-electron chi connectivity index (χ0n) is 11.2. The fourth-order valence-electron chi connectivity index (χ4n) is 2.59. The van der Waals surface area contributed by atoms with E-state index in [1.54, 1.807) is 11.3 Å². The summed E-state index contributed by atoms with van der Waals surface area (Å²) in [5, 5.41) is 6.85. The lowest BCUT2D eigenvalue weighted by molar-refractivity contribution is 0.153. The first-order chi connectivity index (χ1) is 9.33. The molecule has 19 heavy (non-hydrogen) atoms. The van der Waals surface area contributed by atoms with Crippen molar-refractivity contribution in [1.29, 1.82) is 0 Å². The predicted molar refractivity (Wildman–Crippen MR) is 79.3 cm³/mol. The number of aromatic nitrogens is 1. The predicted octanol–water partition coefficient (Wildman–Crippen LogP) is 2.60. The van der Waals surface area contributed by atoms with E-state index in [2.05, 4.69) is 57.8 Å². The number of hydrogen-bond acceptors (Lipinski definition) is 4. The van der Waals surface area contributed by atoms with Gasteiger partial charge >= 0.3 is 0 Å². The molecule has 0 bridgehead atoms. The van der Waals surface area contributed by atoms with Gasteiger partial charge in [-0.2, -0.15) is 0 Å². The molecule has 1 saturated heterocycles. The van der Waals surface area contributed by atoms with Crippen LogP contribution in [0.3, 0.4) is 0 Å². The number of hydrogen-bond donors (Lipinski definition) is 1. The Morgan fingerprint density at radius 1 is 1.37 bits per heavy atom. The first-order valence-corrected chi connectivity index (χ1v) is 7.61. The van der Waals surface area contributed by atoms with Crippen LogP contribution in [-0.2, 0) is 6.54 Å². The van der Waals surface area contributed by atoms with Crippen molar-refractivity contribution < 1.29 is 0 Å². The van der Waals surface area contributed by atoms with E-state index in [-0.39, 0.29) is 0 Å². The van der Waals surface area contributed by atoms with Gasteiger partial charge in [-0.25, -0.2) is 4.98 Å². The van der Waals surface area contributed by atoms with Gasteiger partial charge in [-0.1, -0.05) is 30.3 Å². The summed E-state index contributed by atoms with van der Waals surface area (Å²) >= 11 is 1.77. The van der Waals surface area contributed by atoms with Gasteiger partial charge in [0, 0.05) is 36.8 Å². The fourth-order valence-corrected chi connectivity index (χ4v) is 3.38. The SMILES string of the molecule is Cc1csc(CN2CCNCC2c2ccccc2)n1. The Balaban J connectivity index is 1.77. The van der Waals surface area contributed by atoms with E-state index in [0.29, 0.717) is 6.04 Å². The third-order valence-corrected chi connectivity index (χ3v) is 4.49. The highest BCUT2D eigenvalue weighted by Gasteiger charge is 2.24. The summed E-state index contributed by atoms with van der Waals surface area (Å²) in [6.07, 6.45) is 0. The molecule has 1 aliphatic heterocycles. The highest BCUT2D eigenvalue weighted by molar-refractivity contribution is 7.09. The van der Waals surface area contributed by atoms with Gasteiger partial charge in [-0.05, 0) is 12.5 Å². The van der Waals surface area contributed by atoms with E-state index in [9.17, 15) is 0 Å². The minimum atomic E-state index is 0.458. The molecular weight excluding hydrogens is 254 g/mol. The van der Waals surface area contributed by atoms with Gasteiger partial charge in [0.1, 0.15) is 5.01 Å². The molecule has 2 aromatic rings. The van der Waals surface area contributed by atoms with Crippen LogP contribution >= 0.6 is 11.3 Å². The molecule has 0 saturated carbocycles. The minimum absolute atomic E-state index is 0.458. The third-order valence-electron chi connectivity index (χ3n) is 3.54. The van der Waals surface area contributed by atoms with Crippen LogP contribution in [-0.4, -0.2) is 29.5 Å². The molecule has 2 heterocycles. The summed E-state index contributed by atoms with van der Waals surface area (Å²) in [7, 11) is 0. The topological polar surface area (TPSA) is 28.2 Å². The molecule has 1 atom stereocenters. The van der Waals surface area contributed by atoms with Crippen molar-refractivity contribution in [2.75, 3.05) is 19.6 Å². The van der Waals surface area contributed by atoms with Gasteiger partial charge in [-0.15, -0.1) is 11.3 Å². The first-order valence-electron chi connectivity index (χ1n) is 6.73. The van der Waals surface area contributed by atoms with Crippen LogP contribution in [0.5, 0.6) is 0 Å². The quantitative estimate of drug-likeness (QED) is 0.931. The van der Waals surface area contributed by atoms with Crippen LogP contribution in [0.25, 0.3) is 0 Å². The molecule has 0 aliphatic carbocycles. The number of rotatable bonds is 3. The van der Waals surface area contributed by atoms with Crippen molar-refractivity contribution in [2.45, 2.75) is 19.5 Å². The van der Waals surface area contributed by atoms with E-state index >= 15 is 0 Å². The van der Waals surface area contributed by atoms with Crippen molar-refractivity contribution >= 4 is 11.3 Å². The monoisotopic (exact) mass is 273 g/mol. The van der Waals surface area contributed by atoms with Crippen LogP contribution in [0, 0.1) is 6.92 Å². The third kappa shape index (κ3) is 3.03. The molecule has 4 heteroatoms. The normalized spacial score (nSPS) is 20.6. The summed E-state index contributed by atoms with van der Waals surface area (Å²) in [4.78, 5) is 7.12. The lowest BCUT2D eigenvalue weighted by Gasteiger charge is -2.36. The molecule has 0 amide bonds. The summed E-state index contributed by atoms with van der Waals surface area (Å²) in [6.45, 7) is 6.19. The Kier molecular flexibility index (Phi) is 3.92. The van der Waals surface area contributed by atoms with Gasteiger partial charge in [0.05, 0.1) is 6.54 Å². The number of thiazole rings is 1. The van der Waals surface area contributed by atoms with E-state index in [4.69, 9.17) is 0 Å². The van der Waals surface area contributed by atoms with Gasteiger partial charge in [0.2, 0.25) is 0 Å². The van der Waals surface area contributed by atoms with Crippen LogP contribution < -0.4 is 5.32 Å². The summed E-state index contributed by atoms with van der Waals surface area (Å²) in [6, 6.07) is 11.2. The number of nitrogens with zero attached hydrogens (tertiary/aromatic N) is 2. The fraction of sp³-hybridized carbons (Fsp3) is 0.400. The van der Waals surface area contributed by atoms with Crippen molar-refractivity contribution in [3.05, 3.63) is 52.0 Å². The highest BCUT2D eigenvalue weighted by atomic mass is 32.1. The Hall–Kier alpha value is -1.23. The second kappa shape index (κ2) is 5.82. The van der Waals surface area contributed by atoms with Gasteiger partial charge < -0.3 is 5.32 Å². The Bertz CT molecular complexity index is 523. The molecule has 1 aromatic heterocycles. The van der Waals surface area contributed by atoms with E-state index in [1.165, 1.54) is 10.6 Å². The van der Waals surface area contributed by atoms with Crippen LogP contribution in [0.4, 0.5) is 0 Å². The standard InChI is InChI=1S/C15H19N3S/c1-12-11-19-15(17-12)10-18-8-7-16-9-14(18)13-5-3-2-4-6-13/h2-6,11,14,16H,7-10H2,1H3. The maximum absolute atomic E-state index is 4.59. The lowest BCUT2D eigenvalue weighted by Crippen LogP contribution is -2.45. The Morgan fingerprint density at radius 3 is 2.95 bits per heavy atom. The minimum Gasteiger partial charge on any atom is -0.314 e. The van der Waals surface area contributed by atoms with Gasteiger partial charge in [-0.3, -0.25) is 4.90 Å². The maximum Gasteiger partial charge on any atom is 0.107 e. The first kappa shape index (κ1) is 12.8. The molecule has 0 radical (unpaired) electrons. The van der Waals surface area contributed by atoms with Crippen LogP contribution in [0.15, 0.2) is 35.7 Å². The number of benzene rings is 1. The van der Waals surface area contributed by atoms with E-state index < -0.39 is 0 Å². The van der Waals surface area contributed by atoms with Crippen LogP contribution in [0.1, 0.15) is 22.3 Å². The Labute approximate surface area is 118 Å². The second-order valence-electron chi connectivity index (χ2n) is 4.98. The Morgan fingerprint density at radius 2 is 2.21 bits per heavy atom. The van der Waals surface area contributed by atoms with Crippen molar-refractivity contribution in [2.24, 2.45) is 0 Å². The van der Waals surface area contributed by atoms with Crippen molar-refractivity contribution in [3.63, 3.8) is 0 Å². The molecular formula is C15H19N3S. The van der Waals surface area contributed by atoms with Gasteiger partial charge in [0.25, 0.3) is 0 Å². The highest BCUT2D eigenvalue weighted by Crippen LogP contribution is 2.24. The summed E-state index contributed by atoms with van der Waals surface area (Å²) in [5.41, 5.74) is 2.52. The number of nitrogens with one attached hydrogen (secondary N) is 1. The summed E-state index contributed by atoms with van der Waals surface area (Å²) < 4.78 is 0. The molecule has 1 fully saturated rings. The van der Waals surface area contributed by atoms with E-state index in [1.807, 2.05) is 0 Å². The molecule has 3 rings (SSSR count). The number of piperazine rings is 1. The zero-order chi connectivity index (χ0) is 13.1. The molecule has 1 unspecified atom stereocenters. The van der Waals surface area contributed by atoms with E-state index in [0.717, 1.165) is 31.9 Å². The number of aryl methyl sites for hydroxylation is 1. The second-order valence-corrected chi connectivity index (χ2v) is 5.93. The smallest absolute Gasteiger partial charge is 0.107 e. The average Bonchev–Trinajstić information content (AvgIpc) is 2.86. The molecule has 3 nitrogen and oxygen atoms in total. The summed E-state index contributed by atoms with van der Waals surface area (Å²) in [5.74, 6) is 0. The molecule has 1 N–H and O–H groups in total. The molecule has 1 aromatic carbocycles. The zero-order valence-corrected chi connectivity index (χ0v) is 12.0. The maximum atomic E-state index is 4.59. The molecule has 100 valence electrons. The molecule has 0 spiro atoms. The average molecular weight is 273 g/mol. The van der Waals surface area contributed by atoms with Crippen molar-refractivity contribution in [3.8, 4) is 0 Å². The lowest BCUT2D eigenvalue weighted by atomic mass is 10.0. The largest absolute Gasteiger partial charge is 0.314 e. The van der Waals surface area contributed by atoms with Gasteiger partial charge in [0.15, 0.2) is 0 Å². The molecule has 1 aliphatic rings.